The molecule has 0 unspecified atom stereocenters. The second-order valence-electron chi connectivity index (χ2n) is 3.95. The highest BCUT2D eigenvalue weighted by molar-refractivity contribution is 5.43. The molecular weight excluding hydrogens is 252 g/mol. The molecule has 1 aromatic heterocycles. The lowest BCUT2D eigenvalue weighted by Crippen LogP contribution is -2.23. The highest BCUT2D eigenvalue weighted by Gasteiger charge is 2.15. The van der Waals surface area contributed by atoms with Crippen molar-refractivity contribution in [2.75, 3.05) is 23.7 Å². The fraction of sp³-hybridized carbons (Fsp3) is 0.333. The van der Waals surface area contributed by atoms with Gasteiger partial charge < -0.3 is 10.6 Å². The molecule has 0 amide bonds. The molecule has 0 atom stereocenters. The van der Waals surface area contributed by atoms with Gasteiger partial charge in [0.15, 0.2) is 5.82 Å². The molecule has 0 aliphatic carbocycles. The van der Waals surface area contributed by atoms with E-state index >= 15 is 0 Å². The van der Waals surface area contributed by atoms with Crippen LogP contribution >= 0.6 is 0 Å². The third-order valence-corrected chi connectivity index (χ3v) is 2.81. The van der Waals surface area contributed by atoms with Gasteiger partial charge in [0.1, 0.15) is 11.5 Å². The number of nitrogens with two attached hydrogens (primary N) is 1. The molecule has 7 heteroatoms. The van der Waals surface area contributed by atoms with Gasteiger partial charge in [0.2, 0.25) is 11.9 Å². The van der Waals surface area contributed by atoms with Gasteiger partial charge in [0, 0.05) is 19.2 Å². The number of nitrogen functional groups attached to an aromatic ring is 1. The normalized spacial score (nSPS) is 10.7. The number of hydrogen-bond donors (Lipinski definition) is 1. The van der Waals surface area contributed by atoms with Gasteiger partial charge in [0.25, 0.3) is 0 Å². The van der Waals surface area contributed by atoms with Crippen molar-refractivity contribution in [1.82, 2.24) is 14.8 Å². The van der Waals surface area contributed by atoms with Gasteiger partial charge in [-0.25, -0.2) is 8.78 Å². The number of benzene rings is 1. The van der Waals surface area contributed by atoms with E-state index < -0.39 is 11.6 Å². The molecule has 2 N–H and O–H groups in total. The molecular formula is C12H15F2N5. The molecule has 0 saturated heterocycles. The molecule has 102 valence electrons. The maximum absolute atomic E-state index is 13.7. The first kappa shape index (κ1) is 13.3. The third-order valence-electron chi connectivity index (χ3n) is 2.81. The van der Waals surface area contributed by atoms with Crippen molar-refractivity contribution >= 4 is 11.9 Å². The van der Waals surface area contributed by atoms with E-state index in [0.717, 1.165) is 12.1 Å². The van der Waals surface area contributed by atoms with E-state index in [9.17, 15) is 8.78 Å². The van der Waals surface area contributed by atoms with Crippen LogP contribution in [0.5, 0.6) is 0 Å². The van der Waals surface area contributed by atoms with Crippen molar-refractivity contribution in [3.63, 3.8) is 0 Å². The fourth-order valence-electron chi connectivity index (χ4n) is 1.78. The molecule has 19 heavy (non-hydrogen) atoms. The van der Waals surface area contributed by atoms with Gasteiger partial charge in [-0.05, 0) is 26.0 Å². The number of anilines is 2. The minimum Gasteiger partial charge on any atom is -0.368 e. The summed E-state index contributed by atoms with van der Waals surface area (Å²) in [5.74, 6) is -0.898. The highest BCUT2D eigenvalue weighted by Crippen LogP contribution is 2.19. The van der Waals surface area contributed by atoms with Crippen LogP contribution in [0.15, 0.2) is 18.2 Å². The number of halogens is 2. The number of nitrogens with zero attached hydrogens (tertiary/aromatic N) is 4. The van der Waals surface area contributed by atoms with Crippen molar-refractivity contribution in [3.05, 3.63) is 29.8 Å². The Morgan fingerprint density at radius 1 is 1.26 bits per heavy atom. The lowest BCUT2D eigenvalue weighted by atomic mass is 10.3. The third kappa shape index (κ3) is 2.49. The lowest BCUT2D eigenvalue weighted by molar-refractivity contribution is 0.574. The molecule has 0 aliphatic heterocycles. The Bertz CT molecular complexity index is 577. The molecule has 0 radical (unpaired) electrons. The zero-order chi connectivity index (χ0) is 14.0. The first-order chi connectivity index (χ1) is 9.06. The van der Waals surface area contributed by atoms with Crippen molar-refractivity contribution in [2.45, 2.75) is 13.8 Å². The van der Waals surface area contributed by atoms with E-state index in [2.05, 4.69) is 10.1 Å². The predicted molar refractivity (Wildman–Crippen MR) is 69.2 cm³/mol. The Kier molecular flexibility index (Phi) is 3.64. The van der Waals surface area contributed by atoms with Crippen LogP contribution in [0, 0.1) is 11.6 Å². The van der Waals surface area contributed by atoms with Crippen molar-refractivity contribution in [1.29, 1.82) is 0 Å². The Hall–Kier alpha value is -2.18. The topological polar surface area (TPSA) is 60.0 Å². The van der Waals surface area contributed by atoms with Crippen LogP contribution in [0.4, 0.5) is 20.7 Å². The fourth-order valence-corrected chi connectivity index (χ4v) is 1.78. The van der Waals surface area contributed by atoms with Gasteiger partial charge in [-0.2, -0.15) is 9.67 Å². The average molecular weight is 267 g/mol. The van der Waals surface area contributed by atoms with Gasteiger partial charge in [-0.1, -0.05) is 0 Å². The molecule has 1 aromatic carbocycles. The Balaban J connectivity index is 2.45. The maximum Gasteiger partial charge on any atom is 0.246 e. The van der Waals surface area contributed by atoms with Gasteiger partial charge in [0.05, 0.1) is 0 Å². The van der Waals surface area contributed by atoms with E-state index in [1.165, 1.54) is 10.7 Å². The molecule has 0 aliphatic rings. The van der Waals surface area contributed by atoms with Gasteiger partial charge >= 0.3 is 0 Å². The number of rotatable bonds is 4. The largest absolute Gasteiger partial charge is 0.368 e. The van der Waals surface area contributed by atoms with Gasteiger partial charge in [-0.15, -0.1) is 5.10 Å². The smallest absolute Gasteiger partial charge is 0.246 e. The summed E-state index contributed by atoms with van der Waals surface area (Å²) in [5.41, 5.74) is 5.80. The molecule has 0 spiro atoms. The van der Waals surface area contributed by atoms with E-state index in [1.54, 1.807) is 0 Å². The molecule has 2 rings (SSSR count). The predicted octanol–water partition coefficient (Wildman–Crippen LogP) is 1.97. The molecule has 0 bridgehead atoms. The summed E-state index contributed by atoms with van der Waals surface area (Å²) in [6.07, 6.45) is 0. The maximum atomic E-state index is 13.7. The number of aromatic nitrogens is 3. The lowest BCUT2D eigenvalue weighted by Gasteiger charge is -2.15. The van der Waals surface area contributed by atoms with Gasteiger partial charge in [-0.3, -0.25) is 0 Å². The minimum absolute atomic E-state index is 0.0624. The summed E-state index contributed by atoms with van der Waals surface area (Å²) in [6.45, 7) is 5.34. The van der Waals surface area contributed by atoms with Crippen LogP contribution in [0.25, 0.3) is 5.69 Å². The summed E-state index contributed by atoms with van der Waals surface area (Å²) in [5, 5.41) is 4.16. The van der Waals surface area contributed by atoms with Crippen LogP contribution in [-0.2, 0) is 0 Å². The monoisotopic (exact) mass is 267 g/mol. The van der Waals surface area contributed by atoms with Crippen LogP contribution < -0.4 is 10.6 Å². The first-order valence-electron chi connectivity index (χ1n) is 5.99. The Labute approximate surface area is 109 Å². The van der Waals surface area contributed by atoms with Crippen LogP contribution in [0.3, 0.4) is 0 Å². The second kappa shape index (κ2) is 5.21. The molecule has 5 nitrogen and oxygen atoms in total. The summed E-state index contributed by atoms with van der Waals surface area (Å²) in [6, 6.07) is 3.21. The van der Waals surface area contributed by atoms with Crippen LogP contribution in [0.1, 0.15) is 13.8 Å². The van der Waals surface area contributed by atoms with E-state index in [0.29, 0.717) is 19.0 Å². The molecule has 0 saturated carbocycles. The average Bonchev–Trinajstić information content (AvgIpc) is 2.73. The van der Waals surface area contributed by atoms with E-state index in [4.69, 9.17) is 5.73 Å². The number of hydrogen-bond acceptors (Lipinski definition) is 4. The SMILES string of the molecule is CCN(CC)c1nc(N)n(-c2ccc(F)cc2F)n1. The Morgan fingerprint density at radius 3 is 2.53 bits per heavy atom. The molecule has 2 aromatic rings. The summed E-state index contributed by atoms with van der Waals surface area (Å²) < 4.78 is 27.7. The Morgan fingerprint density at radius 2 is 1.95 bits per heavy atom. The van der Waals surface area contributed by atoms with Crippen molar-refractivity contribution < 1.29 is 8.78 Å². The zero-order valence-electron chi connectivity index (χ0n) is 10.8. The first-order valence-corrected chi connectivity index (χ1v) is 5.99. The standard InChI is InChI=1S/C12H15F2N5/c1-3-18(4-2)12-16-11(15)19(17-12)10-6-5-8(13)7-9(10)14/h5-7H,3-4H2,1-2H3,(H2,15,16,17). The minimum atomic E-state index is -0.734. The van der Waals surface area contributed by atoms with E-state index in [-0.39, 0.29) is 11.6 Å². The van der Waals surface area contributed by atoms with Crippen LogP contribution in [-0.4, -0.2) is 27.9 Å². The summed E-state index contributed by atoms with van der Waals surface area (Å²) in [4.78, 5) is 5.97. The van der Waals surface area contributed by atoms with E-state index in [1.807, 2.05) is 18.7 Å². The summed E-state index contributed by atoms with van der Waals surface area (Å²) >= 11 is 0. The van der Waals surface area contributed by atoms with Crippen molar-refractivity contribution in [3.8, 4) is 5.69 Å². The summed E-state index contributed by atoms with van der Waals surface area (Å²) in [7, 11) is 0. The second-order valence-corrected chi connectivity index (χ2v) is 3.95. The molecule has 0 fully saturated rings. The van der Waals surface area contributed by atoms with Crippen molar-refractivity contribution in [2.24, 2.45) is 0 Å². The quantitative estimate of drug-likeness (QED) is 0.920. The molecule has 1 heterocycles. The van der Waals surface area contributed by atoms with Crippen LogP contribution in [0.2, 0.25) is 0 Å². The highest BCUT2D eigenvalue weighted by atomic mass is 19.1. The zero-order valence-corrected chi connectivity index (χ0v) is 10.8.